The minimum atomic E-state index is 0.303. The minimum absolute atomic E-state index is 0.303. The number of hydrogen-bond acceptors (Lipinski definition) is 4. The summed E-state index contributed by atoms with van der Waals surface area (Å²) < 4.78 is 11.2. The first kappa shape index (κ1) is 11.6. The number of benzene rings is 2. The topological polar surface area (TPSA) is 61.3 Å². The normalized spacial score (nSPS) is 10.8. The van der Waals surface area contributed by atoms with Crippen LogP contribution in [0.5, 0.6) is 5.75 Å². The van der Waals surface area contributed by atoms with Crippen LogP contribution in [0, 0.1) is 6.92 Å². The Kier molecular flexibility index (Phi) is 2.83. The quantitative estimate of drug-likeness (QED) is 0.728. The van der Waals surface area contributed by atoms with Gasteiger partial charge in [-0.2, -0.15) is 0 Å². The number of nitrogens with two attached hydrogens (primary N) is 1. The van der Waals surface area contributed by atoms with Gasteiger partial charge in [0.25, 0.3) is 0 Å². The van der Waals surface area contributed by atoms with Gasteiger partial charge in [0.15, 0.2) is 12.2 Å². The predicted molar refractivity (Wildman–Crippen MR) is 73.9 cm³/mol. The molecule has 2 aromatic carbocycles. The van der Waals surface area contributed by atoms with Crippen molar-refractivity contribution in [2.24, 2.45) is 0 Å². The first-order valence-electron chi connectivity index (χ1n) is 6.05. The summed E-state index contributed by atoms with van der Waals surface area (Å²) in [7, 11) is 0. The second-order valence-electron chi connectivity index (χ2n) is 4.44. The molecular weight excluding hydrogens is 240 g/mol. The SMILES string of the molecule is Cc1ccc2nc(COc3ccc(N)cc3)oc2c1. The van der Waals surface area contributed by atoms with Crippen molar-refractivity contribution in [3.8, 4) is 5.75 Å². The molecule has 96 valence electrons. The van der Waals surface area contributed by atoms with E-state index in [4.69, 9.17) is 14.9 Å². The lowest BCUT2D eigenvalue weighted by atomic mass is 10.2. The lowest BCUT2D eigenvalue weighted by molar-refractivity contribution is 0.267. The fraction of sp³-hybridized carbons (Fsp3) is 0.133. The van der Waals surface area contributed by atoms with Gasteiger partial charge in [-0.1, -0.05) is 6.07 Å². The molecular formula is C15H14N2O2. The number of rotatable bonds is 3. The standard InChI is InChI=1S/C15H14N2O2/c1-10-2-7-13-14(8-10)19-15(17-13)9-18-12-5-3-11(16)4-6-12/h2-8H,9,16H2,1H3. The molecule has 3 rings (SSSR count). The molecule has 0 radical (unpaired) electrons. The molecule has 19 heavy (non-hydrogen) atoms. The van der Waals surface area contributed by atoms with E-state index in [9.17, 15) is 0 Å². The first-order valence-corrected chi connectivity index (χ1v) is 6.05. The Bertz CT molecular complexity index is 702. The lowest BCUT2D eigenvalue weighted by Crippen LogP contribution is -1.95. The average Bonchev–Trinajstić information content (AvgIpc) is 2.80. The summed E-state index contributed by atoms with van der Waals surface area (Å²) >= 11 is 0. The van der Waals surface area contributed by atoms with Crippen LogP contribution in [-0.4, -0.2) is 4.98 Å². The molecule has 0 saturated carbocycles. The Hall–Kier alpha value is -2.49. The molecule has 0 fully saturated rings. The molecule has 0 unspecified atom stereocenters. The summed E-state index contributed by atoms with van der Waals surface area (Å²) in [4.78, 5) is 4.37. The minimum Gasteiger partial charge on any atom is -0.484 e. The van der Waals surface area contributed by atoms with Crippen LogP contribution in [0.3, 0.4) is 0 Å². The van der Waals surface area contributed by atoms with Gasteiger partial charge >= 0.3 is 0 Å². The smallest absolute Gasteiger partial charge is 0.233 e. The van der Waals surface area contributed by atoms with Gasteiger partial charge < -0.3 is 14.9 Å². The van der Waals surface area contributed by atoms with Gasteiger partial charge in [0, 0.05) is 5.69 Å². The fourth-order valence-electron chi connectivity index (χ4n) is 1.85. The van der Waals surface area contributed by atoms with Gasteiger partial charge in [0.05, 0.1) is 0 Å². The van der Waals surface area contributed by atoms with E-state index in [0.717, 1.165) is 22.4 Å². The lowest BCUT2D eigenvalue weighted by Gasteiger charge is -2.02. The molecule has 0 atom stereocenters. The van der Waals surface area contributed by atoms with Gasteiger partial charge in [-0.25, -0.2) is 4.98 Å². The Labute approximate surface area is 110 Å². The highest BCUT2D eigenvalue weighted by atomic mass is 16.5. The Balaban J connectivity index is 1.76. The largest absolute Gasteiger partial charge is 0.484 e. The molecule has 0 spiro atoms. The summed E-state index contributed by atoms with van der Waals surface area (Å²) in [5.74, 6) is 1.31. The van der Waals surface area contributed by atoms with Crippen molar-refractivity contribution in [1.29, 1.82) is 0 Å². The van der Waals surface area contributed by atoms with Crippen molar-refractivity contribution in [3.63, 3.8) is 0 Å². The number of oxazole rings is 1. The van der Waals surface area contributed by atoms with Crippen molar-refractivity contribution < 1.29 is 9.15 Å². The van der Waals surface area contributed by atoms with Crippen LogP contribution in [-0.2, 0) is 6.61 Å². The Morgan fingerprint density at radius 2 is 1.95 bits per heavy atom. The highest BCUT2D eigenvalue weighted by Gasteiger charge is 2.06. The van der Waals surface area contributed by atoms with E-state index in [1.165, 1.54) is 0 Å². The number of ether oxygens (including phenoxy) is 1. The molecule has 2 N–H and O–H groups in total. The summed E-state index contributed by atoms with van der Waals surface area (Å²) in [6, 6.07) is 13.2. The molecule has 0 saturated heterocycles. The van der Waals surface area contributed by atoms with Crippen molar-refractivity contribution in [2.75, 3.05) is 5.73 Å². The van der Waals surface area contributed by atoms with Crippen LogP contribution in [0.15, 0.2) is 46.9 Å². The number of aryl methyl sites for hydroxylation is 1. The third kappa shape index (κ3) is 2.52. The molecule has 0 aliphatic carbocycles. The average molecular weight is 254 g/mol. The van der Waals surface area contributed by atoms with E-state index in [0.29, 0.717) is 18.2 Å². The zero-order valence-corrected chi connectivity index (χ0v) is 10.6. The first-order chi connectivity index (χ1) is 9.20. The molecule has 0 bridgehead atoms. The van der Waals surface area contributed by atoms with Crippen molar-refractivity contribution in [3.05, 3.63) is 53.9 Å². The van der Waals surface area contributed by atoms with E-state index in [2.05, 4.69) is 4.98 Å². The van der Waals surface area contributed by atoms with Crippen LogP contribution in [0.1, 0.15) is 11.5 Å². The third-order valence-electron chi connectivity index (χ3n) is 2.83. The second-order valence-corrected chi connectivity index (χ2v) is 4.44. The summed E-state index contributed by atoms with van der Waals surface area (Å²) in [5.41, 5.74) is 9.11. The van der Waals surface area contributed by atoms with E-state index < -0.39 is 0 Å². The zero-order chi connectivity index (χ0) is 13.2. The maximum Gasteiger partial charge on any atom is 0.233 e. The van der Waals surface area contributed by atoms with Gasteiger partial charge in [0.2, 0.25) is 5.89 Å². The van der Waals surface area contributed by atoms with Crippen LogP contribution >= 0.6 is 0 Å². The fourth-order valence-corrected chi connectivity index (χ4v) is 1.85. The second kappa shape index (κ2) is 4.65. The van der Waals surface area contributed by atoms with E-state index >= 15 is 0 Å². The third-order valence-corrected chi connectivity index (χ3v) is 2.83. The molecule has 4 nitrogen and oxygen atoms in total. The van der Waals surface area contributed by atoms with Crippen molar-refractivity contribution >= 4 is 16.8 Å². The van der Waals surface area contributed by atoms with Gasteiger partial charge in [-0.05, 0) is 48.9 Å². The summed E-state index contributed by atoms with van der Waals surface area (Å²) in [6.07, 6.45) is 0. The summed E-state index contributed by atoms with van der Waals surface area (Å²) in [5, 5.41) is 0. The van der Waals surface area contributed by atoms with Crippen molar-refractivity contribution in [2.45, 2.75) is 13.5 Å². The maximum atomic E-state index is 5.63. The van der Waals surface area contributed by atoms with Gasteiger partial charge in [0.1, 0.15) is 11.3 Å². The van der Waals surface area contributed by atoms with Gasteiger partial charge in [-0.3, -0.25) is 0 Å². The van der Waals surface area contributed by atoms with Gasteiger partial charge in [-0.15, -0.1) is 0 Å². The molecule has 4 heteroatoms. The maximum absolute atomic E-state index is 5.63. The predicted octanol–water partition coefficient (Wildman–Crippen LogP) is 3.30. The molecule has 1 aromatic heterocycles. The van der Waals surface area contributed by atoms with E-state index in [1.54, 1.807) is 12.1 Å². The highest BCUT2D eigenvalue weighted by Crippen LogP contribution is 2.19. The molecule has 0 aliphatic heterocycles. The van der Waals surface area contributed by atoms with E-state index in [1.807, 2.05) is 37.3 Å². The molecule has 1 heterocycles. The van der Waals surface area contributed by atoms with Crippen molar-refractivity contribution in [1.82, 2.24) is 4.98 Å². The number of nitrogens with zero attached hydrogens (tertiary/aromatic N) is 1. The Morgan fingerprint density at radius 1 is 1.16 bits per heavy atom. The molecule has 3 aromatic rings. The highest BCUT2D eigenvalue weighted by molar-refractivity contribution is 5.73. The molecule has 0 amide bonds. The number of fused-ring (bicyclic) bond motifs is 1. The van der Waals surface area contributed by atoms with Crippen LogP contribution < -0.4 is 10.5 Å². The summed E-state index contributed by atoms with van der Waals surface area (Å²) in [6.45, 7) is 2.32. The zero-order valence-electron chi connectivity index (χ0n) is 10.6. The monoisotopic (exact) mass is 254 g/mol. The molecule has 0 aliphatic rings. The van der Waals surface area contributed by atoms with Crippen LogP contribution in [0.2, 0.25) is 0 Å². The number of hydrogen-bond donors (Lipinski definition) is 1. The number of aromatic nitrogens is 1. The number of nitrogen functional groups attached to an aromatic ring is 1. The number of anilines is 1. The van der Waals surface area contributed by atoms with E-state index in [-0.39, 0.29) is 0 Å². The Morgan fingerprint density at radius 3 is 2.74 bits per heavy atom. The van der Waals surface area contributed by atoms with Crippen LogP contribution in [0.4, 0.5) is 5.69 Å². The van der Waals surface area contributed by atoms with Crippen LogP contribution in [0.25, 0.3) is 11.1 Å².